The van der Waals surface area contributed by atoms with Crippen molar-refractivity contribution in [2.75, 3.05) is 0 Å². The van der Waals surface area contributed by atoms with E-state index in [9.17, 15) is 17.6 Å². The van der Waals surface area contributed by atoms with Crippen LogP contribution >= 0.6 is 11.6 Å². The third-order valence-electron chi connectivity index (χ3n) is 2.90. The van der Waals surface area contributed by atoms with E-state index in [1.165, 1.54) is 4.68 Å². The van der Waals surface area contributed by atoms with Crippen LogP contribution < -0.4 is 4.74 Å². The van der Waals surface area contributed by atoms with Gasteiger partial charge in [0, 0.05) is 12.6 Å². The van der Waals surface area contributed by atoms with Gasteiger partial charge in [0.15, 0.2) is 0 Å². The number of rotatable bonds is 3. The Balaban J connectivity index is 2.21. The highest BCUT2D eigenvalue weighted by Crippen LogP contribution is 2.34. The quantitative estimate of drug-likeness (QED) is 0.795. The molecule has 2 aromatic rings. The molecule has 0 aliphatic rings. The van der Waals surface area contributed by atoms with Crippen LogP contribution in [-0.2, 0) is 19.8 Å². The number of aromatic nitrogens is 2. The first-order valence-electron chi connectivity index (χ1n) is 5.87. The summed E-state index contributed by atoms with van der Waals surface area (Å²) < 4.78 is 57.6. The van der Waals surface area contributed by atoms with E-state index in [-0.39, 0.29) is 12.4 Å². The van der Waals surface area contributed by atoms with Crippen molar-refractivity contribution >= 4 is 11.6 Å². The average Bonchev–Trinajstić information content (AvgIpc) is 2.61. The van der Waals surface area contributed by atoms with Crippen LogP contribution in [0.25, 0.3) is 0 Å². The van der Waals surface area contributed by atoms with Gasteiger partial charge in [-0.3, -0.25) is 4.68 Å². The summed E-state index contributed by atoms with van der Waals surface area (Å²) >= 11 is 5.99. The molecule has 3 nitrogen and oxygen atoms in total. The number of alkyl halides is 3. The zero-order valence-electron chi connectivity index (χ0n) is 11.1. The first kappa shape index (κ1) is 15.6. The molecule has 0 saturated heterocycles. The summed E-state index contributed by atoms with van der Waals surface area (Å²) in [6, 6.07) is 2.47. The van der Waals surface area contributed by atoms with E-state index in [4.69, 9.17) is 16.3 Å². The maximum atomic E-state index is 13.2. The predicted octanol–water partition coefficient (Wildman–Crippen LogP) is 4.12. The molecule has 0 atom stereocenters. The molecular formula is C13H11ClF4N2O. The molecule has 114 valence electrons. The number of aryl methyl sites for hydroxylation is 2. The Bertz CT molecular complexity index is 667. The molecule has 0 bridgehead atoms. The fraction of sp³-hybridized carbons (Fsp3) is 0.308. The number of hydrogen-bond donors (Lipinski definition) is 0. The first-order chi connectivity index (χ1) is 9.70. The molecule has 2 rings (SSSR count). The fourth-order valence-electron chi connectivity index (χ4n) is 1.80. The molecule has 0 saturated carbocycles. The van der Waals surface area contributed by atoms with E-state index in [1.807, 2.05) is 0 Å². The minimum atomic E-state index is -4.77. The molecule has 0 amide bonds. The van der Waals surface area contributed by atoms with Crippen molar-refractivity contribution < 1.29 is 22.3 Å². The van der Waals surface area contributed by atoms with Crippen molar-refractivity contribution in [1.82, 2.24) is 9.78 Å². The lowest BCUT2D eigenvalue weighted by Crippen LogP contribution is -2.08. The summed E-state index contributed by atoms with van der Waals surface area (Å²) in [5.74, 6) is -1.44. The molecule has 1 aromatic heterocycles. The van der Waals surface area contributed by atoms with Gasteiger partial charge in [-0.05, 0) is 25.1 Å². The summed E-state index contributed by atoms with van der Waals surface area (Å²) in [6.45, 7) is 1.65. The van der Waals surface area contributed by atoms with Crippen LogP contribution in [0.15, 0.2) is 18.2 Å². The van der Waals surface area contributed by atoms with Gasteiger partial charge in [0.2, 0.25) is 0 Å². The Morgan fingerprint density at radius 3 is 2.52 bits per heavy atom. The Morgan fingerprint density at radius 2 is 2.00 bits per heavy atom. The fourth-order valence-corrected chi connectivity index (χ4v) is 2.03. The molecule has 8 heteroatoms. The van der Waals surface area contributed by atoms with Crippen LogP contribution in [0.5, 0.6) is 5.75 Å². The largest absolute Gasteiger partial charge is 0.489 e. The molecule has 0 N–H and O–H groups in total. The Hall–Kier alpha value is -1.76. The summed E-state index contributed by atoms with van der Waals surface area (Å²) in [4.78, 5) is 0. The molecule has 0 radical (unpaired) electrons. The van der Waals surface area contributed by atoms with Crippen LogP contribution in [0.2, 0.25) is 5.15 Å². The number of halogens is 5. The predicted molar refractivity (Wildman–Crippen MR) is 68.7 cm³/mol. The van der Waals surface area contributed by atoms with E-state index in [2.05, 4.69) is 5.10 Å². The van der Waals surface area contributed by atoms with Gasteiger partial charge in [0.1, 0.15) is 23.3 Å². The molecule has 1 aromatic carbocycles. The maximum Gasteiger partial charge on any atom is 0.419 e. The van der Waals surface area contributed by atoms with Gasteiger partial charge >= 0.3 is 6.18 Å². The normalized spacial score (nSPS) is 11.8. The molecule has 1 heterocycles. The lowest BCUT2D eigenvalue weighted by atomic mass is 10.2. The summed E-state index contributed by atoms with van der Waals surface area (Å²) in [5.41, 5.74) is -0.188. The van der Waals surface area contributed by atoms with Gasteiger partial charge in [-0.2, -0.15) is 18.3 Å². The molecule has 0 spiro atoms. The van der Waals surface area contributed by atoms with Crippen molar-refractivity contribution in [3.05, 3.63) is 46.0 Å². The molecular weight excluding hydrogens is 312 g/mol. The zero-order valence-corrected chi connectivity index (χ0v) is 11.9. The first-order valence-corrected chi connectivity index (χ1v) is 6.25. The Morgan fingerprint density at radius 1 is 1.33 bits per heavy atom. The minimum Gasteiger partial charge on any atom is -0.489 e. The Labute approximate surface area is 123 Å². The highest BCUT2D eigenvalue weighted by molar-refractivity contribution is 6.30. The van der Waals surface area contributed by atoms with Gasteiger partial charge in [-0.25, -0.2) is 4.39 Å². The Kier molecular flexibility index (Phi) is 4.13. The number of benzene rings is 1. The minimum absolute atomic E-state index is 0.0541. The van der Waals surface area contributed by atoms with Gasteiger partial charge in [0.25, 0.3) is 0 Å². The monoisotopic (exact) mass is 322 g/mol. The summed E-state index contributed by atoms with van der Waals surface area (Å²) in [7, 11) is 1.64. The SMILES string of the molecule is Cc1nn(C)c(Cl)c1COc1ccc(F)c(C(F)(F)F)c1. The van der Waals surface area contributed by atoms with E-state index in [0.29, 0.717) is 22.5 Å². The third kappa shape index (κ3) is 3.29. The second-order valence-corrected chi connectivity index (χ2v) is 4.76. The topological polar surface area (TPSA) is 27.1 Å². The van der Waals surface area contributed by atoms with Crippen molar-refractivity contribution in [3.63, 3.8) is 0 Å². The van der Waals surface area contributed by atoms with Gasteiger partial charge < -0.3 is 4.74 Å². The van der Waals surface area contributed by atoms with Crippen LogP contribution in [0.4, 0.5) is 17.6 Å². The second kappa shape index (κ2) is 5.55. The summed E-state index contributed by atoms with van der Waals surface area (Å²) in [5, 5.41) is 4.40. The summed E-state index contributed by atoms with van der Waals surface area (Å²) in [6.07, 6.45) is -4.77. The number of hydrogen-bond acceptors (Lipinski definition) is 2. The number of ether oxygens (including phenoxy) is 1. The van der Waals surface area contributed by atoms with Gasteiger partial charge in [-0.1, -0.05) is 11.6 Å². The van der Waals surface area contributed by atoms with Crippen molar-refractivity contribution in [2.24, 2.45) is 7.05 Å². The van der Waals surface area contributed by atoms with E-state index >= 15 is 0 Å². The second-order valence-electron chi connectivity index (χ2n) is 4.41. The van der Waals surface area contributed by atoms with Crippen molar-refractivity contribution in [1.29, 1.82) is 0 Å². The average molecular weight is 323 g/mol. The van der Waals surface area contributed by atoms with E-state index in [1.54, 1.807) is 14.0 Å². The molecule has 0 aliphatic carbocycles. The van der Waals surface area contributed by atoms with Gasteiger partial charge in [0.05, 0.1) is 11.3 Å². The smallest absolute Gasteiger partial charge is 0.419 e. The molecule has 21 heavy (non-hydrogen) atoms. The highest BCUT2D eigenvalue weighted by Gasteiger charge is 2.34. The molecule has 0 fully saturated rings. The maximum absolute atomic E-state index is 13.2. The standard InChI is InChI=1S/C13H11ClF4N2O/c1-7-9(12(14)20(2)19-7)6-21-8-3-4-11(15)10(5-8)13(16,17)18/h3-5H,6H2,1-2H3. The zero-order chi connectivity index (χ0) is 15.8. The van der Waals surface area contributed by atoms with Crippen molar-refractivity contribution in [3.8, 4) is 5.75 Å². The van der Waals surface area contributed by atoms with Crippen LogP contribution in [0.3, 0.4) is 0 Å². The van der Waals surface area contributed by atoms with E-state index < -0.39 is 17.6 Å². The lowest BCUT2D eigenvalue weighted by Gasteiger charge is -2.11. The molecule has 0 unspecified atom stereocenters. The highest BCUT2D eigenvalue weighted by atomic mass is 35.5. The van der Waals surface area contributed by atoms with Crippen molar-refractivity contribution in [2.45, 2.75) is 19.7 Å². The van der Waals surface area contributed by atoms with Crippen LogP contribution in [-0.4, -0.2) is 9.78 Å². The molecule has 0 aliphatic heterocycles. The van der Waals surface area contributed by atoms with Crippen LogP contribution in [0, 0.1) is 12.7 Å². The van der Waals surface area contributed by atoms with Gasteiger partial charge in [-0.15, -0.1) is 0 Å². The van der Waals surface area contributed by atoms with E-state index in [0.717, 1.165) is 12.1 Å². The van der Waals surface area contributed by atoms with Crippen LogP contribution in [0.1, 0.15) is 16.8 Å². The number of nitrogens with zero attached hydrogens (tertiary/aromatic N) is 2. The lowest BCUT2D eigenvalue weighted by molar-refractivity contribution is -0.140. The third-order valence-corrected chi connectivity index (χ3v) is 3.37.